The lowest BCUT2D eigenvalue weighted by Crippen LogP contribution is -2.30. The van der Waals surface area contributed by atoms with Crippen LogP contribution in [0.5, 0.6) is 0 Å². The first kappa shape index (κ1) is 11.5. The predicted molar refractivity (Wildman–Crippen MR) is 57.8 cm³/mol. The van der Waals surface area contributed by atoms with Crippen LogP contribution in [0.4, 0.5) is 0 Å². The van der Waals surface area contributed by atoms with Crippen molar-refractivity contribution >= 4 is 5.91 Å². The summed E-state index contributed by atoms with van der Waals surface area (Å²) in [5.74, 6) is 1.57. The Morgan fingerprint density at radius 3 is 2.79 bits per heavy atom. The Labute approximate surface area is 86.4 Å². The van der Waals surface area contributed by atoms with E-state index in [9.17, 15) is 4.79 Å². The Morgan fingerprint density at radius 2 is 2.14 bits per heavy atom. The minimum absolute atomic E-state index is 0.0888. The van der Waals surface area contributed by atoms with Gasteiger partial charge in [-0.15, -0.1) is 0 Å². The van der Waals surface area contributed by atoms with Crippen LogP contribution in [0.15, 0.2) is 0 Å². The Hall–Kier alpha value is -0.570. The SMILES string of the molecule is CC(=O)NCC1CCCC(CCN)C1. The fourth-order valence-corrected chi connectivity index (χ4v) is 2.37. The van der Waals surface area contributed by atoms with Crippen molar-refractivity contribution in [2.45, 2.75) is 39.0 Å². The van der Waals surface area contributed by atoms with Gasteiger partial charge in [-0.25, -0.2) is 0 Å². The van der Waals surface area contributed by atoms with Crippen molar-refractivity contribution in [1.82, 2.24) is 5.32 Å². The zero-order chi connectivity index (χ0) is 10.4. The molecule has 14 heavy (non-hydrogen) atoms. The predicted octanol–water partition coefficient (Wildman–Crippen LogP) is 1.28. The van der Waals surface area contributed by atoms with Gasteiger partial charge in [0.05, 0.1) is 0 Å². The summed E-state index contributed by atoms with van der Waals surface area (Å²) >= 11 is 0. The molecule has 0 radical (unpaired) electrons. The quantitative estimate of drug-likeness (QED) is 0.715. The van der Waals surface area contributed by atoms with Crippen LogP contribution in [0.1, 0.15) is 39.0 Å². The fourth-order valence-electron chi connectivity index (χ4n) is 2.37. The first-order valence-electron chi connectivity index (χ1n) is 5.67. The molecule has 0 bridgehead atoms. The third-order valence-corrected chi connectivity index (χ3v) is 3.11. The van der Waals surface area contributed by atoms with Crippen LogP contribution in [0, 0.1) is 11.8 Å². The zero-order valence-electron chi connectivity index (χ0n) is 9.09. The van der Waals surface area contributed by atoms with Gasteiger partial charge in [0.25, 0.3) is 0 Å². The summed E-state index contributed by atoms with van der Waals surface area (Å²) in [5.41, 5.74) is 5.56. The molecule has 1 amide bonds. The molecule has 0 heterocycles. The summed E-state index contributed by atoms with van der Waals surface area (Å²) in [6, 6.07) is 0. The molecule has 0 aromatic rings. The monoisotopic (exact) mass is 198 g/mol. The van der Waals surface area contributed by atoms with Gasteiger partial charge >= 0.3 is 0 Å². The molecule has 1 rings (SSSR count). The van der Waals surface area contributed by atoms with Crippen LogP contribution < -0.4 is 11.1 Å². The van der Waals surface area contributed by atoms with E-state index < -0.39 is 0 Å². The lowest BCUT2D eigenvalue weighted by molar-refractivity contribution is -0.119. The summed E-state index contributed by atoms with van der Waals surface area (Å²) in [6.07, 6.45) is 6.29. The minimum atomic E-state index is 0.0888. The van der Waals surface area contributed by atoms with Crippen LogP contribution in [0.3, 0.4) is 0 Å². The van der Waals surface area contributed by atoms with Crippen molar-refractivity contribution in [3.05, 3.63) is 0 Å². The number of hydrogen-bond donors (Lipinski definition) is 2. The van der Waals surface area contributed by atoms with Crippen LogP contribution in [-0.2, 0) is 4.79 Å². The van der Waals surface area contributed by atoms with E-state index in [1.165, 1.54) is 25.7 Å². The molecule has 1 fully saturated rings. The highest BCUT2D eigenvalue weighted by Crippen LogP contribution is 2.30. The molecule has 0 aromatic carbocycles. The lowest BCUT2D eigenvalue weighted by atomic mass is 9.80. The van der Waals surface area contributed by atoms with Gasteiger partial charge in [-0.1, -0.05) is 12.8 Å². The molecule has 82 valence electrons. The minimum Gasteiger partial charge on any atom is -0.356 e. The number of carbonyl (C=O) groups excluding carboxylic acids is 1. The van der Waals surface area contributed by atoms with Crippen LogP contribution >= 0.6 is 0 Å². The van der Waals surface area contributed by atoms with E-state index in [0.29, 0.717) is 5.92 Å². The third-order valence-electron chi connectivity index (χ3n) is 3.11. The van der Waals surface area contributed by atoms with Gasteiger partial charge < -0.3 is 11.1 Å². The van der Waals surface area contributed by atoms with Crippen molar-refractivity contribution in [1.29, 1.82) is 0 Å². The second-order valence-corrected chi connectivity index (χ2v) is 4.41. The molecule has 3 nitrogen and oxygen atoms in total. The van der Waals surface area contributed by atoms with Crippen molar-refractivity contribution in [2.75, 3.05) is 13.1 Å². The van der Waals surface area contributed by atoms with Gasteiger partial charge in [0.15, 0.2) is 0 Å². The normalized spacial score (nSPS) is 27.3. The van der Waals surface area contributed by atoms with Crippen molar-refractivity contribution in [3.63, 3.8) is 0 Å². The standard InChI is InChI=1S/C11H22N2O/c1-9(14)13-8-11-4-2-3-10(7-11)5-6-12/h10-11H,2-8,12H2,1H3,(H,13,14). The summed E-state index contributed by atoms with van der Waals surface area (Å²) in [4.78, 5) is 10.8. The van der Waals surface area contributed by atoms with Gasteiger partial charge in [0, 0.05) is 13.5 Å². The van der Waals surface area contributed by atoms with Gasteiger partial charge in [0.2, 0.25) is 5.91 Å². The maximum Gasteiger partial charge on any atom is 0.216 e. The van der Waals surface area contributed by atoms with E-state index in [-0.39, 0.29) is 5.91 Å². The maximum absolute atomic E-state index is 10.8. The highest BCUT2D eigenvalue weighted by atomic mass is 16.1. The summed E-state index contributed by atoms with van der Waals surface area (Å²) in [7, 11) is 0. The van der Waals surface area contributed by atoms with E-state index in [1.807, 2.05) is 0 Å². The average Bonchev–Trinajstić information content (AvgIpc) is 2.16. The molecule has 2 unspecified atom stereocenters. The highest BCUT2D eigenvalue weighted by molar-refractivity contribution is 5.72. The number of rotatable bonds is 4. The third kappa shape index (κ3) is 4.09. The molecule has 0 saturated heterocycles. The van der Waals surface area contributed by atoms with E-state index in [2.05, 4.69) is 5.32 Å². The van der Waals surface area contributed by atoms with E-state index >= 15 is 0 Å². The molecular weight excluding hydrogens is 176 g/mol. The summed E-state index contributed by atoms with van der Waals surface area (Å²) < 4.78 is 0. The van der Waals surface area contributed by atoms with E-state index in [1.54, 1.807) is 6.92 Å². The van der Waals surface area contributed by atoms with Crippen molar-refractivity contribution in [2.24, 2.45) is 17.6 Å². The largest absolute Gasteiger partial charge is 0.356 e. The molecule has 0 aromatic heterocycles. The first-order valence-corrected chi connectivity index (χ1v) is 5.67. The first-order chi connectivity index (χ1) is 6.72. The Morgan fingerprint density at radius 1 is 1.43 bits per heavy atom. The van der Waals surface area contributed by atoms with Crippen LogP contribution in [0.2, 0.25) is 0 Å². The Bertz CT molecular complexity index is 180. The molecular formula is C11H22N2O. The molecule has 1 aliphatic carbocycles. The highest BCUT2D eigenvalue weighted by Gasteiger charge is 2.21. The van der Waals surface area contributed by atoms with Crippen molar-refractivity contribution < 1.29 is 4.79 Å². The maximum atomic E-state index is 10.8. The smallest absolute Gasteiger partial charge is 0.216 e. The van der Waals surface area contributed by atoms with Gasteiger partial charge in [-0.2, -0.15) is 0 Å². The number of nitrogens with one attached hydrogen (secondary N) is 1. The van der Waals surface area contributed by atoms with Crippen LogP contribution in [-0.4, -0.2) is 19.0 Å². The van der Waals surface area contributed by atoms with Gasteiger partial charge in [0.1, 0.15) is 0 Å². The van der Waals surface area contributed by atoms with E-state index in [0.717, 1.165) is 25.4 Å². The summed E-state index contributed by atoms with van der Waals surface area (Å²) in [6.45, 7) is 3.24. The lowest BCUT2D eigenvalue weighted by Gasteiger charge is -2.28. The molecule has 3 N–H and O–H groups in total. The summed E-state index contributed by atoms with van der Waals surface area (Å²) in [5, 5.41) is 2.91. The second kappa shape index (κ2) is 6.02. The second-order valence-electron chi connectivity index (χ2n) is 4.41. The fraction of sp³-hybridized carbons (Fsp3) is 0.909. The molecule has 1 aliphatic rings. The number of carbonyl (C=O) groups is 1. The average molecular weight is 198 g/mol. The number of amides is 1. The molecule has 1 saturated carbocycles. The number of hydrogen-bond acceptors (Lipinski definition) is 2. The van der Waals surface area contributed by atoms with Crippen molar-refractivity contribution in [3.8, 4) is 0 Å². The molecule has 2 atom stereocenters. The van der Waals surface area contributed by atoms with Crippen LogP contribution in [0.25, 0.3) is 0 Å². The molecule has 3 heteroatoms. The molecule has 0 spiro atoms. The molecule has 0 aliphatic heterocycles. The number of nitrogens with two attached hydrogens (primary N) is 1. The van der Waals surface area contributed by atoms with Gasteiger partial charge in [-0.05, 0) is 37.6 Å². The Balaban J connectivity index is 2.21. The Kier molecular flexibility index (Phi) is 4.94. The van der Waals surface area contributed by atoms with Gasteiger partial charge in [-0.3, -0.25) is 4.79 Å². The topological polar surface area (TPSA) is 55.1 Å². The zero-order valence-corrected chi connectivity index (χ0v) is 9.09. The van der Waals surface area contributed by atoms with E-state index in [4.69, 9.17) is 5.73 Å².